The van der Waals surface area contributed by atoms with Gasteiger partial charge in [0.2, 0.25) is 0 Å². The van der Waals surface area contributed by atoms with Gasteiger partial charge >= 0.3 is 0 Å². The molecule has 0 aliphatic rings. The second-order valence-corrected chi connectivity index (χ2v) is 4.48. The molecule has 1 aromatic carbocycles. The van der Waals surface area contributed by atoms with Crippen LogP contribution in [0.15, 0.2) is 30.5 Å². The predicted octanol–water partition coefficient (Wildman–Crippen LogP) is 2.37. The maximum Gasteiger partial charge on any atom is 0.126 e. The maximum atomic E-state index is 13.7. The lowest BCUT2D eigenvalue weighted by Gasteiger charge is -2.16. The Hall–Kier alpha value is -1.68. The van der Waals surface area contributed by atoms with Crippen molar-refractivity contribution in [1.29, 1.82) is 0 Å². The molecule has 1 N–H and O–H groups in total. The summed E-state index contributed by atoms with van der Waals surface area (Å²) in [5.74, 6) is -0.153. The molecule has 0 spiro atoms. The smallest absolute Gasteiger partial charge is 0.126 e. The predicted molar refractivity (Wildman–Crippen MR) is 69.8 cm³/mol. The van der Waals surface area contributed by atoms with E-state index in [0.717, 1.165) is 16.8 Å². The number of nitrogens with zero attached hydrogens (tertiary/aromatic N) is 2. The first-order valence-corrected chi connectivity index (χ1v) is 6.02. The van der Waals surface area contributed by atoms with Gasteiger partial charge in [-0.2, -0.15) is 5.10 Å². The molecule has 2 aromatic rings. The van der Waals surface area contributed by atoms with E-state index in [0.29, 0.717) is 6.42 Å². The first kappa shape index (κ1) is 12.8. The zero-order valence-corrected chi connectivity index (χ0v) is 10.9. The molecule has 1 aromatic heterocycles. The van der Waals surface area contributed by atoms with E-state index in [-0.39, 0.29) is 11.9 Å². The summed E-state index contributed by atoms with van der Waals surface area (Å²) in [6.45, 7) is 1.97. The van der Waals surface area contributed by atoms with Crippen LogP contribution in [0.5, 0.6) is 0 Å². The summed E-state index contributed by atoms with van der Waals surface area (Å²) >= 11 is 0. The van der Waals surface area contributed by atoms with Crippen LogP contribution >= 0.6 is 0 Å². The molecule has 0 saturated heterocycles. The number of nitrogens with one attached hydrogen (secondary N) is 1. The summed E-state index contributed by atoms with van der Waals surface area (Å²) in [5, 5.41) is 7.56. The molecule has 4 heteroatoms. The van der Waals surface area contributed by atoms with Gasteiger partial charge in [0.15, 0.2) is 0 Å². The van der Waals surface area contributed by atoms with Crippen molar-refractivity contribution in [2.75, 3.05) is 7.05 Å². The molecule has 1 atom stereocenters. The van der Waals surface area contributed by atoms with Crippen LogP contribution in [0.2, 0.25) is 0 Å². The highest BCUT2D eigenvalue weighted by Crippen LogP contribution is 2.21. The fraction of sp³-hybridized carbons (Fsp3) is 0.357. The lowest BCUT2D eigenvalue weighted by atomic mass is 9.99. The average Bonchev–Trinajstić information content (AvgIpc) is 2.67. The van der Waals surface area contributed by atoms with Crippen LogP contribution in [0.3, 0.4) is 0 Å². The van der Waals surface area contributed by atoms with Crippen LogP contribution in [-0.2, 0) is 13.5 Å². The normalized spacial score (nSPS) is 12.7. The van der Waals surface area contributed by atoms with E-state index >= 15 is 0 Å². The Balaban J connectivity index is 2.25. The van der Waals surface area contributed by atoms with Crippen LogP contribution < -0.4 is 5.32 Å². The lowest BCUT2D eigenvalue weighted by molar-refractivity contribution is 0.552. The quantitative estimate of drug-likeness (QED) is 0.899. The Morgan fingerprint density at radius 1 is 1.39 bits per heavy atom. The minimum Gasteiger partial charge on any atom is -0.313 e. The fourth-order valence-electron chi connectivity index (χ4n) is 2.21. The van der Waals surface area contributed by atoms with Crippen LogP contribution in [-0.4, -0.2) is 16.8 Å². The molecule has 0 aliphatic heterocycles. The van der Waals surface area contributed by atoms with Crippen LogP contribution in [0, 0.1) is 12.7 Å². The summed E-state index contributed by atoms with van der Waals surface area (Å²) in [6, 6.07) is 6.98. The average molecular weight is 247 g/mol. The standard InChI is InChI=1S/C14H18FN3/c1-10-12(9-18(3)17-10)14(16-2)8-11-6-4-5-7-13(11)15/h4-7,9,14,16H,8H2,1-3H3. The van der Waals surface area contributed by atoms with E-state index in [9.17, 15) is 4.39 Å². The number of rotatable bonds is 4. The van der Waals surface area contributed by atoms with Crippen molar-refractivity contribution < 1.29 is 4.39 Å². The summed E-state index contributed by atoms with van der Waals surface area (Å²) in [7, 11) is 3.78. The van der Waals surface area contributed by atoms with Crippen LogP contribution in [0.4, 0.5) is 4.39 Å². The van der Waals surface area contributed by atoms with Gasteiger partial charge in [0.25, 0.3) is 0 Å². The van der Waals surface area contributed by atoms with Gasteiger partial charge < -0.3 is 5.32 Å². The second kappa shape index (κ2) is 5.31. The number of halogens is 1. The SMILES string of the molecule is CNC(Cc1ccccc1F)c1cn(C)nc1C. The number of aromatic nitrogens is 2. The van der Waals surface area contributed by atoms with Crippen molar-refractivity contribution in [3.8, 4) is 0 Å². The Kier molecular flexibility index (Phi) is 3.77. The molecule has 0 bridgehead atoms. The molecule has 0 fully saturated rings. The molecular formula is C14H18FN3. The Morgan fingerprint density at radius 3 is 2.67 bits per heavy atom. The topological polar surface area (TPSA) is 29.9 Å². The first-order valence-electron chi connectivity index (χ1n) is 6.02. The summed E-state index contributed by atoms with van der Waals surface area (Å²) in [4.78, 5) is 0. The highest BCUT2D eigenvalue weighted by atomic mass is 19.1. The zero-order chi connectivity index (χ0) is 13.1. The third-order valence-electron chi connectivity index (χ3n) is 3.16. The highest BCUT2D eigenvalue weighted by Gasteiger charge is 2.16. The minimum atomic E-state index is -0.153. The molecule has 1 unspecified atom stereocenters. The van der Waals surface area contributed by atoms with Crippen molar-refractivity contribution in [3.63, 3.8) is 0 Å². The summed E-state index contributed by atoms with van der Waals surface area (Å²) < 4.78 is 15.4. The molecule has 0 saturated carbocycles. The third kappa shape index (κ3) is 2.59. The Bertz CT molecular complexity index is 534. The summed E-state index contributed by atoms with van der Waals surface area (Å²) in [5.41, 5.74) is 2.82. The van der Waals surface area contributed by atoms with E-state index in [2.05, 4.69) is 10.4 Å². The Labute approximate surface area is 107 Å². The first-order chi connectivity index (χ1) is 8.61. The molecule has 3 nitrogen and oxygen atoms in total. The molecule has 2 rings (SSSR count). The maximum absolute atomic E-state index is 13.7. The van der Waals surface area contributed by atoms with Crippen LogP contribution in [0.1, 0.15) is 22.9 Å². The molecule has 1 heterocycles. The van der Waals surface area contributed by atoms with Gasteiger partial charge in [-0.25, -0.2) is 4.39 Å². The fourth-order valence-corrected chi connectivity index (χ4v) is 2.21. The monoisotopic (exact) mass is 247 g/mol. The molecule has 0 radical (unpaired) electrons. The number of aryl methyl sites for hydroxylation is 2. The minimum absolute atomic E-state index is 0.0793. The van der Waals surface area contributed by atoms with Gasteiger partial charge in [-0.3, -0.25) is 4.68 Å². The highest BCUT2D eigenvalue weighted by molar-refractivity contribution is 5.25. The molecule has 0 aliphatic carbocycles. The van der Waals surface area contributed by atoms with E-state index in [1.165, 1.54) is 6.07 Å². The van der Waals surface area contributed by atoms with Crippen molar-refractivity contribution in [2.24, 2.45) is 7.05 Å². The molecule has 18 heavy (non-hydrogen) atoms. The van der Waals surface area contributed by atoms with Gasteiger partial charge in [-0.05, 0) is 32.0 Å². The van der Waals surface area contributed by atoms with E-state index < -0.39 is 0 Å². The Morgan fingerprint density at radius 2 is 2.11 bits per heavy atom. The number of hydrogen-bond donors (Lipinski definition) is 1. The van der Waals surface area contributed by atoms with Gasteiger partial charge in [0.05, 0.1) is 5.69 Å². The van der Waals surface area contributed by atoms with E-state index in [1.54, 1.807) is 10.7 Å². The number of likely N-dealkylation sites (N-methyl/N-ethyl adjacent to an activating group) is 1. The third-order valence-corrected chi connectivity index (χ3v) is 3.16. The van der Waals surface area contributed by atoms with Gasteiger partial charge in [0.1, 0.15) is 5.82 Å². The number of benzene rings is 1. The van der Waals surface area contributed by atoms with Gasteiger partial charge in [-0.15, -0.1) is 0 Å². The molecule has 96 valence electrons. The van der Waals surface area contributed by atoms with Crippen molar-refractivity contribution >= 4 is 0 Å². The van der Waals surface area contributed by atoms with Crippen molar-refractivity contribution in [3.05, 3.63) is 53.1 Å². The zero-order valence-electron chi connectivity index (χ0n) is 10.9. The number of hydrogen-bond acceptors (Lipinski definition) is 2. The van der Waals surface area contributed by atoms with Crippen molar-refractivity contribution in [2.45, 2.75) is 19.4 Å². The molecule has 0 amide bonds. The van der Waals surface area contributed by atoms with Gasteiger partial charge in [-0.1, -0.05) is 18.2 Å². The lowest BCUT2D eigenvalue weighted by Crippen LogP contribution is -2.19. The largest absolute Gasteiger partial charge is 0.313 e. The van der Waals surface area contributed by atoms with E-state index in [4.69, 9.17) is 0 Å². The van der Waals surface area contributed by atoms with Gasteiger partial charge in [0, 0.05) is 24.8 Å². The van der Waals surface area contributed by atoms with E-state index in [1.807, 2.05) is 39.3 Å². The second-order valence-electron chi connectivity index (χ2n) is 4.48. The van der Waals surface area contributed by atoms with Crippen LogP contribution in [0.25, 0.3) is 0 Å². The summed E-state index contributed by atoms with van der Waals surface area (Å²) in [6.07, 6.45) is 2.60. The van der Waals surface area contributed by atoms with Crippen molar-refractivity contribution in [1.82, 2.24) is 15.1 Å². The molecular weight excluding hydrogens is 229 g/mol.